The molecule has 0 aromatic heterocycles. The van der Waals surface area contributed by atoms with Gasteiger partial charge in [0, 0.05) is 16.3 Å². The van der Waals surface area contributed by atoms with Crippen LogP contribution in [-0.2, 0) is 0 Å². The molecule has 0 saturated carbocycles. The molecule has 0 aliphatic rings. The lowest BCUT2D eigenvalue weighted by Gasteiger charge is -2.22. The Labute approximate surface area is 120 Å². The third-order valence-electron chi connectivity index (χ3n) is 3.28. The average molecular weight is 325 g/mol. The number of rotatable bonds is 4. The molecule has 0 heterocycles. The van der Waals surface area contributed by atoms with Crippen molar-refractivity contribution in [3.63, 3.8) is 0 Å². The van der Waals surface area contributed by atoms with E-state index in [1.54, 1.807) is 0 Å². The molecule has 0 aliphatic carbocycles. The summed E-state index contributed by atoms with van der Waals surface area (Å²) in [6, 6.07) is 13.5. The van der Waals surface area contributed by atoms with Crippen LogP contribution in [-0.4, -0.2) is 0 Å². The maximum Gasteiger partial charge on any atom is 0.127 e. The van der Waals surface area contributed by atoms with Gasteiger partial charge in [0.25, 0.3) is 0 Å². The summed E-state index contributed by atoms with van der Waals surface area (Å²) in [5.41, 5.74) is 1.49. The molecule has 0 spiro atoms. The largest absolute Gasteiger partial charge is 0.207 e. The molecule has 0 radical (unpaired) electrons. The summed E-state index contributed by atoms with van der Waals surface area (Å²) in [5, 5.41) is 0. The second-order valence-corrected chi connectivity index (χ2v) is 5.48. The first-order valence-electron chi connectivity index (χ1n) is 6.27. The lowest BCUT2D eigenvalue weighted by Crippen LogP contribution is -2.07. The van der Waals surface area contributed by atoms with Crippen LogP contribution in [0.25, 0.3) is 0 Å². The minimum absolute atomic E-state index is 0.109. The van der Waals surface area contributed by atoms with E-state index in [1.807, 2.05) is 37.3 Å². The Morgan fingerprint density at radius 3 is 2.37 bits per heavy atom. The van der Waals surface area contributed by atoms with Gasteiger partial charge in [-0.25, -0.2) is 8.78 Å². The molecule has 0 bridgehead atoms. The summed E-state index contributed by atoms with van der Waals surface area (Å²) >= 11 is 3.53. The van der Waals surface area contributed by atoms with Gasteiger partial charge in [0.2, 0.25) is 0 Å². The van der Waals surface area contributed by atoms with Crippen molar-refractivity contribution in [2.24, 2.45) is 0 Å². The van der Waals surface area contributed by atoms with Gasteiger partial charge in [0.05, 0.1) is 0 Å². The van der Waals surface area contributed by atoms with Crippen molar-refractivity contribution in [1.29, 1.82) is 0 Å². The Kier molecular flexibility index (Phi) is 4.70. The molecule has 0 fully saturated rings. The maximum atomic E-state index is 13.8. The van der Waals surface area contributed by atoms with Gasteiger partial charge in [-0.05, 0) is 30.2 Å². The quantitative estimate of drug-likeness (QED) is 0.642. The van der Waals surface area contributed by atoms with Crippen LogP contribution < -0.4 is 0 Å². The predicted molar refractivity (Wildman–Crippen MR) is 77.5 cm³/mol. The summed E-state index contributed by atoms with van der Waals surface area (Å²) in [6.07, 6.45) is 0.843. The zero-order valence-corrected chi connectivity index (χ0v) is 12.2. The summed E-state index contributed by atoms with van der Waals surface area (Å²) < 4.78 is 27.1. The van der Waals surface area contributed by atoms with Crippen LogP contribution >= 0.6 is 15.9 Å². The van der Waals surface area contributed by atoms with E-state index < -0.39 is 5.82 Å². The molecule has 2 unspecified atom stereocenters. The average Bonchev–Trinajstić information content (AvgIpc) is 2.43. The fourth-order valence-corrected chi connectivity index (χ4v) is 3.28. The fourth-order valence-electron chi connectivity index (χ4n) is 2.25. The molecular formula is C16H15BrF2. The van der Waals surface area contributed by atoms with Gasteiger partial charge in [0.1, 0.15) is 11.6 Å². The van der Waals surface area contributed by atoms with Gasteiger partial charge in [-0.2, -0.15) is 0 Å². The lowest BCUT2D eigenvalue weighted by molar-refractivity contribution is 0.563. The van der Waals surface area contributed by atoms with Gasteiger partial charge >= 0.3 is 0 Å². The molecule has 0 amide bonds. The molecule has 19 heavy (non-hydrogen) atoms. The van der Waals surface area contributed by atoms with Gasteiger partial charge in [-0.15, -0.1) is 0 Å². The molecule has 2 rings (SSSR count). The van der Waals surface area contributed by atoms with Gasteiger partial charge < -0.3 is 0 Å². The fraction of sp³-hybridized carbons (Fsp3) is 0.250. The maximum absolute atomic E-state index is 13.8. The zero-order chi connectivity index (χ0) is 13.8. The van der Waals surface area contributed by atoms with E-state index in [9.17, 15) is 8.78 Å². The number of hydrogen-bond acceptors (Lipinski definition) is 0. The van der Waals surface area contributed by atoms with E-state index >= 15 is 0 Å². The molecule has 0 saturated heterocycles. The second kappa shape index (κ2) is 6.29. The molecule has 0 nitrogen and oxygen atoms in total. The van der Waals surface area contributed by atoms with Crippen LogP contribution in [0.5, 0.6) is 0 Å². The van der Waals surface area contributed by atoms with Crippen molar-refractivity contribution in [2.75, 3.05) is 0 Å². The van der Waals surface area contributed by atoms with Gasteiger partial charge in [-0.1, -0.05) is 53.2 Å². The first-order valence-corrected chi connectivity index (χ1v) is 7.19. The molecule has 2 aromatic carbocycles. The number of alkyl halides is 1. The molecule has 3 heteroatoms. The molecule has 0 N–H and O–H groups in total. The third-order valence-corrected chi connectivity index (χ3v) is 4.41. The first-order chi connectivity index (χ1) is 9.13. The van der Waals surface area contributed by atoms with E-state index in [4.69, 9.17) is 0 Å². The van der Waals surface area contributed by atoms with Crippen LogP contribution in [0.2, 0.25) is 0 Å². The molecular weight excluding hydrogens is 310 g/mol. The Balaban J connectivity index is 2.36. The standard InChI is InChI=1S/C16H15BrF2/c1-2-13(11-6-4-3-5-7-11)16(17)14-10-12(18)8-9-15(14)19/h3-10,13,16H,2H2,1H3. The molecule has 0 aliphatic heterocycles. The predicted octanol–water partition coefficient (Wildman–Crippen LogP) is 5.59. The van der Waals surface area contributed by atoms with Crippen molar-refractivity contribution >= 4 is 15.9 Å². The van der Waals surface area contributed by atoms with Crippen molar-refractivity contribution in [1.82, 2.24) is 0 Å². The number of benzene rings is 2. The summed E-state index contributed by atoms with van der Waals surface area (Å²) in [6.45, 7) is 2.04. The monoisotopic (exact) mass is 324 g/mol. The Morgan fingerprint density at radius 2 is 1.74 bits per heavy atom. The SMILES string of the molecule is CCC(c1ccccc1)C(Br)c1cc(F)ccc1F. The highest BCUT2D eigenvalue weighted by molar-refractivity contribution is 9.09. The van der Waals surface area contributed by atoms with E-state index in [1.165, 1.54) is 12.1 Å². The summed E-state index contributed by atoms with van der Waals surface area (Å²) in [4.78, 5) is -0.240. The Hall–Kier alpha value is -1.22. The van der Waals surface area contributed by atoms with E-state index in [-0.39, 0.29) is 16.6 Å². The smallest absolute Gasteiger partial charge is 0.127 e. The minimum Gasteiger partial charge on any atom is -0.207 e. The van der Waals surface area contributed by atoms with Crippen LogP contribution in [0.15, 0.2) is 48.5 Å². The van der Waals surface area contributed by atoms with Crippen molar-refractivity contribution in [3.8, 4) is 0 Å². The first kappa shape index (κ1) is 14.2. The van der Waals surface area contributed by atoms with E-state index in [0.29, 0.717) is 5.56 Å². The zero-order valence-electron chi connectivity index (χ0n) is 10.6. The van der Waals surface area contributed by atoms with Crippen molar-refractivity contribution < 1.29 is 8.78 Å². The number of halogens is 3. The summed E-state index contributed by atoms with van der Waals surface area (Å²) in [5.74, 6) is -0.682. The number of hydrogen-bond donors (Lipinski definition) is 0. The Bertz CT molecular complexity index is 540. The Morgan fingerprint density at radius 1 is 1.05 bits per heavy atom. The van der Waals surface area contributed by atoms with E-state index in [2.05, 4.69) is 15.9 Å². The highest BCUT2D eigenvalue weighted by atomic mass is 79.9. The van der Waals surface area contributed by atoms with Crippen molar-refractivity contribution in [2.45, 2.75) is 24.1 Å². The van der Waals surface area contributed by atoms with Gasteiger partial charge in [0.15, 0.2) is 0 Å². The molecule has 2 atom stereocenters. The third kappa shape index (κ3) is 3.21. The molecule has 2 aromatic rings. The minimum atomic E-state index is -0.413. The van der Waals surface area contributed by atoms with Crippen LogP contribution in [0.1, 0.15) is 35.2 Å². The second-order valence-electron chi connectivity index (χ2n) is 4.49. The molecule has 100 valence electrons. The lowest BCUT2D eigenvalue weighted by atomic mass is 9.89. The summed E-state index contributed by atoms with van der Waals surface area (Å²) in [7, 11) is 0. The normalized spacial score (nSPS) is 14.1. The van der Waals surface area contributed by atoms with Crippen LogP contribution in [0, 0.1) is 11.6 Å². The van der Waals surface area contributed by atoms with E-state index in [0.717, 1.165) is 18.1 Å². The van der Waals surface area contributed by atoms with Crippen molar-refractivity contribution in [3.05, 3.63) is 71.3 Å². The van der Waals surface area contributed by atoms with Crippen LogP contribution in [0.3, 0.4) is 0 Å². The highest BCUT2D eigenvalue weighted by Gasteiger charge is 2.23. The topological polar surface area (TPSA) is 0 Å². The highest BCUT2D eigenvalue weighted by Crippen LogP contribution is 2.41. The van der Waals surface area contributed by atoms with Crippen LogP contribution in [0.4, 0.5) is 8.78 Å². The van der Waals surface area contributed by atoms with Gasteiger partial charge in [-0.3, -0.25) is 0 Å².